The van der Waals surface area contributed by atoms with Gasteiger partial charge in [-0.1, -0.05) is 24.3 Å². The number of carbonyl (C=O) groups excluding carboxylic acids is 1. The van der Waals surface area contributed by atoms with Crippen molar-refractivity contribution < 1.29 is 17.6 Å². The highest BCUT2D eigenvalue weighted by Gasteiger charge is 2.27. The van der Waals surface area contributed by atoms with Crippen LogP contribution >= 0.6 is 0 Å². The van der Waals surface area contributed by atoms with Crippen molar-refractivity contribution in [2.45, 2.75) is 32.6 Å². The fourth-order valence-electron chi connectivity index (χ4n) is 4.16. The van der Waals surface area contributed by atoms with Crippen LogP contribution in [0.4, 0.5) is 10.1 Å². The monoisotopic (exact) mass is 532 g/mol. The molecule has 0 bridgehead atoms. The number of benzene rings is 3. The van der Waals surface area contributed by atoms with Gasteiger partial charge in [-0.3, -0.25) is 9.10 Å². The summed E-state index contributed by atoms with van der Waals surface area (Å²) >= 11 is 0. The van der Waals surface area contributed by atoms with Crippen LogP contribution in [-0.2, 0) is 14.8 Å². The molecular formula is C29H29FN4O3S. The summed E-state index contributed by atoms with van der Waals surface area (Å²) in [6.07, 6.45) is 1.51. The van der Waals surface area contributed by atoms with Gasteiger partial charge in [0.15, 0.2) is 0 Å². The van der Waals surface area contributed by atoms with E-state index in [1.54, 1.807) is 42.5 Å². The highest BCUT2D eigenvalue weighted by Crippen LogP contribution is 2.26. The predicted octanol–water partition coefficient (Wildman–Crippen LogP) is 5.20. The summed E-state index contributed by atoms with van der Waals surface area (Å²) in [5.41, 5.74) is 8.09. The third-order valence-corrected chi connectivity index (χ3v) is 8.13. The van der Waals surface area contributed by atoms with Crippen molar-refractivity contribution in [1.29, 1.82) is 0 Å². The van der Waals surface area contributed by atoms with E-state index in [4.69, 9.17) is 0 Å². The molecule has 1 amide bonds. The Balaban J connectivity index is 1.56. The van der Waals surface area contributed by atoms with Crippen LogP contribution < -0.4 is 9.73 Å². The lowest BCUT2D eigenvalue weighted by molar-refractivity contribution is -0.119. The van der Waals surface area contributed by atoms with Crippen LogP contribution in [0.3, 0.4) is 0 Å². The van der Waals surface area contributed by atoms with Gasteiger partial charge in [-0.25, -0.2) is 18.2 Å². The number of aromatic nitrogens is 1. The van der Waals surface area contributed by atoms with Crippen LogP contribution in [0.2, 0.25) is 0 Å². The summed E-state index contributed by atoms with van der Waals surface area (Å²) in [5.74, 6) is -0.906. The zero-order valence-electron chi connectivity index (χ0n) is 21.6. The number of nitrogens with zero attached hydrogens (tertiary/aromatic N) is 3. The van der Waals surface area contributed by atoms with Gasteiger partial charge < -0.3 is 4.57 Å². The number of halogens is 1. The number of nitrogens with one attached hydrogen (secondary N) is 1. The van der Waals surface area contributed by atoms with E-state index in [9.17, 15) is 17.6 Å². The van der Waals surface area contributed by atoms with Crippen molar-refractivity contribution in [1.82, 2.24) is 9.99 Å². The van der Waals surface area contributed by atoms with E-state index in [-0.39, 0.29) is 10.7 Å². The largest absolute Gasteiger partial charge is 0.318 e. The molecule has 0 aliphatic heterocycles. The Labute approximate surface area is 222 Å². The maximum Gasteiger partial charge on any atom is 0.264 e. The van der Waals surface area contributed by atoms with Crippen LogP contribution in [-0.4, -0.2) is 31.7 Å². The van der Waals surface area contributed by atoms with E-state index in [2.05, 4.69) is 10.5 Å². The molecule has 0 saturated carbocycles. The highest BCUT2D eigenvalue weighted by molar-refractivity contribution is 7.92. The van der Waals surface area contributed by atoms with E-state index in [0.717, 1.165) is 38.1 Å². The highest BCUT2D eigenvalue weighted by atomic mass is 32.2. The number of hydrogen-bond acceptors (Lipinski definition) is 4. The molecule has 0 spiro atoms. The van der Waals surface area contributed by atoms with Gasteiger partial charge in [0.25, 0.3) is 15.9 Å². The van der Waals surface area contributed by atoms with E-state index < -0.39 is 22.5 Å². The van der Waals surface area contributed by atoms with Gasteiger partial charge in [-0.05, 0) is 93.4 Å². The molecule has 38 heavy (non-hydrogen) atoms. The molecule has 4 aromatic rings. The van der Waals surface area contributed by atoms with Crippen LogP contribution in [0.5, 0.6) is 0 Å². The summed E-state index contributed by atoms with van der Waals surface area (Å²) < 4.78 is 43.3. The second-order valence-electron chi connectivity index (χ2n) is 9.02. The average Bonchev–Trinajstić information content (AvgIpc) is 3.18. The standard InChI is InChI=1S/C29H29FN4O3S/c1-20-10-13-27(16-21(20)2)33(38(36,37)28-8-6-5-7-9-28)19-29(35)32-31-18-24-17-22(3)34(23(24)4)26-14-11-25(30)12-15-26/h5-18H,19H2,1-4H3,(H,32,35)/b31-18-. The number of anilines is 1. The molecule has 7 nitrogen and oxygen atoms in total. The van der Waals surface area contributed by atoms with Crippen molar-refractivity contribution in [3.8, 4) is 5.69 Å². The number of hydrazone groups is 1. The molecule has 1 N–H and O–H groups in total. The minimum absolute atomic E-state index is 0.0859. The Hall–Kier alpha value is -4.24. The van der Waals surface area contributed by atoms with Crippen LogP contribution in [0.1, 0.15) is 28.1 Å². The van der Waals surface area contributed by atoms with E-state index in [0.29, 0.717) is 5.69 Å². The lowest BCUT2D eigenvalue weighted by atomic mass is 10.1. The number of hydrogen-bond donors (Lipinski definition) is 1. The van der Waals surface area contributed by atoms with Crippen molar-refractivity contribution in [3.63, 3.8) is 0 Å². The Bertz CT molecular complexity index is 1600. The second kappa shape index (κ2) is 11.0. The lowest BCUT2D eigenvalue weighted by Gasteiger charge is -2.24. The van der Waals surface area contributed by atoms with Crippen LogP contribution in [0, 0.1) is 33.5 Å². The normalized spacial score (nSPS) is 11.6. The molecule has 3 aromatic carbocycles. The van der Waals surface area contributed by atoms with Gasteiger partial charge in [0.1, 0.15) is 12.4 Å². The molecule has 196 valence electrons. The lowest BCUT2D eigenvalue weighted by Crippen LogP contribution is -2.39. The first-order chi connectivity index (χ1) is 18.1. The van der Waals surface area contributed by atoms with Crippen molar-refractivity contribution >= 4 is 27.8 Å². The minimum Gasteiger partial charge on any atom is -0.318 e. The predicted molar refractivity (Wildman–Crippen MR) is 148 cm³/mol. The fraction of sp³-hybridized carbons (Fsp3) is 0.172. The van der Waals surface area contributed by atoms with E-state index in [1.807, 2.05) is 44.4 Å². The van der Waals surface area contributed by atoms with Crippen LogP contribution in [0.25, 0.3) is 5.69 Å². The molecule has 0 fully saturated rings. The number of amides is 1. The number of aryl methyl sites for hydroxylation is 3. The maximum atomic E-state index is 13.5. The maximum absolute atomic E-state index is 13.5. The summed E-state index contributed by atoms with van der Waals surface area (Å²) in [4.78, 5) is 13.0. The van der Waals surface area contributed by atoms with Gasteiger partial charge >= 0.3 is 0 Å². The molecule has 0 saturated heterocycles. The third kappa shape index (κ3) is 5.68. The van der Waals surface area contributed by atoms with Gasteiger partial charge in [0.2, 0.25) is 0 Å². The molecule has 0 unspecified atom stereocenters. The summed E-state index contributed by atoms with van der Waals surface area (Å²) in [6, 6.07) is 21.3. The molecule has 9 heteroatoms. The van der Waals surface area contributed by atoms with Crippen molar-refractivity contribution in [3.05, 3.63) is 113 Å². The van der Waals surface area contributed by atoms with Gasteiger partial charge in [-0.15, -0.1) is 0 Å². The number of sulfonamides is 1. The number of carbonyl (C=O) groups is 1. The zero-order valence-corrected chi connectivity index (χ0v) is 22.5. The van der Waals surface area contributed by atoms with Crippen molar-refractivity contribution in [2.24, 2.45) is 5.10 Å². The Morgan fingerprint density at radius 1 is 0.947 bits per heavy atom. The van der Waals surface area contributed by atoms with Gasteiger partial charge in [0, 0.05) is 22.6 Å². The first-order valence-electron chi connectivity index (χ1n) is 12.0. The van der Waals surface area contributed by atoms with Crippen LogP contribution in [0.15, 0.2) is 88.9 Å². The number of rotatable bonds is 8. The first kappa shape index (κ1) is 26.8. The molecule has 1 heterocycles. The molecule has 1 aromatic heterocycles. The van der Waals surface area contributed by atoms with Gasteiger partial charge in [0.05, 0.1) is 16.8 Å². The first-order valence-corrected chi connectivity index (χ1v) is 13.4. The summed E-state index contributed by atoms with van der Waals surface area (Å²) in [7, 11) is -4.01. The Kier molecular flexibility index (Phi) is 7.78. The Morgan fingerprint density at radius 2 is 1.63 bits per heavy atom. The second-order valence-corrected chi connectivity index (χ2v) is 10.9. The zero-order chi connectivity index (χ0) is 27.4. The smallest absolute Gasteiger partial charge is 0.264 e. The average molecular weight is 533 g/mol. The quantitative estimate of drug-likeness (QED) is 0.250. The minimum atomic E-state index is -4.01. The summed E-state index contributed by atoms with van der Waals surface area (Å²) in [5, 5.41) is 4.08. The fourth-order valence-corrected chi connectivity index (χ4v) is 5.59. The molecular weight excluding hydrogens is 503 g/mol. The van der Waals surface area contributed by atoms with Gasteiger partial charge in [-0.2, -0.15) is 5.10 Å². The van der Waals surface area contributed by atoms with Crippen molar-refractivity contribution in [2.75, 3.05) is 10.8 Å². The molecule has 0 radical (unpaired) electrons. The third-order valence-electron chi connectivity index (χ3n) is 6.34. The Morgan fingerprint density at radius 3 is 2.29 bits per heavy atom. The van der Waals surface area contributed by atoms with E-state index >= 15 is 0 Å². The summed E-state index contributed by atoms with van der Waals surface area (Å²) in [6.45, 7) is 7.18. The SMILES string of the molecule is Cc1ccc(N(CC(=O)N/N=C\c2cc(C)n(-c3ccc(F)cc3)c2C)S(=O)(=O)c2ccccc2)cc1C. The topological polar surface area (TPSA) is 83.8 Å². The van der Waals surface area contributed by atoms with E-state index in [1.165, 1.54) is 30.5 Å². The molecule has 0 atom stereocenters. The molecule has 4 rings (SSSR count). The molecule has 0 aliphatic carbocycles. The molecule has 0 aliphatic rings.